The number of aromatic nitrogens is 1. The van der Waals surface area contributed by atoms with Crippen LogP contribution in [0.1, 0.15) is 0 Å². The lowest BCUT2D eigenvalue weighted by Crippen LogP contribution is -1.97. The lowest BCUT2D eigenvalue weighted by Gasteiger charge is -2.28. The number of nitrogens with zero attached hydrogens (tertiary/aromatic N) is 1. The largest absolute Gasteiger partial charge is 0.309 e. The van der Waals surface area contributed by atoms with E-state index in [1.165, 1.54) is 70.7 Å². The fraction of sp³-hybridized carbons (Fsp3) is 0.0526. The summed E-state index contributed by atoms with van der Waals surface area (Å²) in [5.74, 6) is 0. The van der Waals surface area contributed by atoms with Crippen LogP contribution in [0.15, 0.2) is 149 Å². The second-order valence-electron chi connectivity index (χ2n) is 11.0. The third kappa shape index (κ3) is 3.43. The van der Waals surface area contributed by atoms with Crippen molar-refractivity contribution in [3.05, 3.63) is 140 Å². The molecule has 1 aromatic heterocycles. The van der Waals surface area contributed by atoms with Crippen LogP contribution in [0.25, 0.3) is 60.9 Å². The van der Waals surface area contributed by atoms with Gasteiger partial charge in [0.1, 0.15) is 0 Å². The monoisotopic (exact) mass is 531 g/mol. The third-order valence-corrected chi connectivity index (χ3v) is 11.4. The van der Waals surface area contributed by atoms with E-state index in [4.69, 9.17) is 0 Å². The lowest BCUT2D eigenvalue weighted by atomic mass is 10.0. The lowest BCUT2D eigenvalue weighted by molar-refractivity contribution is 1.16. The minimum absolute atomic E-state index is 1.08. The van der Waals surface area contributed by atoms with Crippen molar-refractivity contribution in [2.24, 2.45) is 0 Å². The van der Waals surface area contributed by atoms with Crippen molar-refractivity contribution in [2.45, 2.75) is 9.79 Å². The Morgan fingerprint density at radius 1 is 0.425 bits per heavy atom. The molecule has 0 radical (unpaired) electrons. The van der Waals surface area contributed by atoms with Gasteiger partial charge in [-0.05, 0) is 88.4 Å². The van der Waals surface area contributed by atoms with Gasteiger partial charge in [0, 0.05) is 26.3 Å². The second kappa shape index (κ2) is 8.74. The van der Waals surface area contributed by atoms with Gasteiger partial charge in [-0.25, -0.2) is 0 Å². The molecule has 2 heterocycles. The van der Waals surface area contributed by atoms with Gasteiger partial charge < -0.3 is 4.57 Å². The summed E-state index contributed by atoms with van der Waals surface area (Å²) >= 11 is 0. The molecule has 0 bridgehead atoms. The quantitative estimate of drug-likeness (QED) is 0.214. The number of hydrogen-bond acceptors (Lipinski definition) is 0. The van der Waals surface area contributed by atoms with Crippen LogP contribution < -0.4 is 0 Å². The summed E-state index contributed by atoms with van der Waals surface area (Å²) < 4.78 is 2.47. The number of fused-ring (bicyclic) bond motifs is 6. The van der Waals surface area contributed by atoms with Crippen LogP contribution in [0.4, 0.5) is 0 Å². The Balaban J connectivity index is 1.39. The Morgan fingerprint density at radius 3 is 1.55 bits per heavy atom. The van der Waals surface area contributed by atoms with E-state index in [0.29, 0.717) is 0 Å². The molecule has 0 aliphatic carbocycles. The molecule has 0 saturated heterocycles. The third-order valence-electron chi connectivity index (χ3n) is 8.48. The summed E-state index contributed by atoms with van der Waals surface area (Å²) in [7, 11) is -1.08. The Labute approximate surface area is 236 Å². The summed E-state index contributed by atoms with van der Waals surface area (Å²) in [6.07, 6.45) is 4.87. The van der Waals surface area contributed by atoms with Crippen LogP contribution in [-0.2, 0) is 0 Å². The van der Waals surface area contributed by atoms with E-state index >= 15 is 0 Å². The van der Waals surface area contributed by atoms with E-state index in [0.717, 1.165) is 0 Å². The first-order chi connectivity index (χ1) is 19.6. The van der Waals surface area contributed by atoms with Gasteiger partial charge in [0.25, 0.3) is 0 Å². The molecule has 1 nitrogen and oxygen atoms in total. The fourth-order valence-corrected chi connectivity index (χ4v) is 9.00. The first-order valence-corrected chi connectivity index (χ1v) is 16.2. The highest BCUT2D eigenvalue weighted by Gasteiger charge is 2.31. The summed E-state index contributed by atoms with van der Waals surface area (Å²) in [6, 6.07) is 51.3. The van der Waals surface area contributed by atoms with Crippen molar-refractivity contribution in [1.29, 1.82) is 0 Å². The molecule has 1 aliphatic rings. The van der Waals surface area contributed by atoms with Crippen LogP contribution in [0.3, 0.4) is 0 Å². The van der Waals surface area contributed by atoms with Crippen molar-refractivity contribution in [3.8, 4) is 39.1 Å². The predicted octanol–water partition coefficient (Wildman–Crippen LogP) is 10.6. The standard InChI is InChI=1S/C38H29NS/c1-40(2)37-16-10-9-15-31(37)32-20-19-30(25-38(32)40)39-35-21-17-28(26-11-5-3-6-12-26)23-33(35)34-24-29(18-22-36(34)39)27-13-7-4-8-14-27/h3-25H,1-2H3. The molecular weight excluding hydrogens is 502 g/mol. The summed E-state index contributed by atoms with van der Waals surface area (Å²) in [4.78, 5) is 2.97. The minimum atomic E-state index is -1.08. The molecule has 7 aromatic rings. The van der Waals surface area contributed by atoms with Gasteiger partial charge in [0.15, 0.2) is 0 Å². The number of hydrogen-bond donors (Lipinski definition) is 0. The summed E-state index contributed by atoms with van der Waals surface area (Å²) in [6.45, 7) is 0. The van der Waals surface area contributed by atoms with E-state index in [2.05, 4.69) is 157 Å². The Morgan fingerprint density at radius 2 is 0.950 bits per heavy atom. The number of benzene rings is 6. The average molecular weight is 532 g/mol. The highest BCUT2D eigenvalue weighted by atomic mass is 32.3. The second-order valence-corrected chi connectivity index (χ2v) is 14.6. The van der Waals surface area contributed by atoms with Gasteiger partial charge in [-0.15, -0.1) is 0 Å². The Kier molecular flexibility index (Phi) is 5.11. The highest BCUT2D eigenvalue weighted by Crippen LogP contribution is 2.67. The normalized spacial score (nSPS) is 14.2. The SMILES string of the molecule is CS1(C)c2ccccc2-c2ccc(-n3c4ccc(-c5ccccc5)cc4c4cc(-c5ccccc5)ccc43)cc21. The smallest absolute Gasteiger partial charge is 0.0541 e. The zero-order chi connectivity index (χ0) is 26.8. The zero-order valence-electron chi connectivity index (χ0n) is 22.6. The van der Waals surface area contributed by atoms with Gasteiger partial charge in [-0.1, -0.05) is 97.1 Å². The first kappa shape index (κ1) is 23.4. The van der Waals surface area contributed by atoms with E-state index in [9.17, 15) is 0 Å². The maximum atomic E-state index is 2.47. The van der Waals surface area contributed by atoms with Gasteiger partial charge in [-0.3, -0.25) is 0 Å². The van der Waals surface area contributed by atoms with E-state index < -0.39 is 10.0 Å². The van der Waals surface area contributed by atoms with Crippen LogP contribution in [0.2, 0.25) is 0 Å². The molecule has 8 rings (SSSR count). The van der Waals surface area contributed by atoms with Crippen molar-refractivity contribution in [2.75, 3.05) is 12.5 Å². The summed E-state index contributed by atoms with van der Waals surface area (Å²) in [5, 5.41) is 2.56. The van der Waals surface area contributed by atoms with E-state index in [1.807, 2.05) is 0 Å². The van der Waals surface area contributed by atoms with E-state index in [1.54, 1.807) is 0 Å². The van der Waals surface area contributed by atoms with Crippen molar-refractivity contribution in [1.82, 2.24) is 4.57 Å². The van der Waals surface area contributed by atoms with Crippen molar-refractivity contribution in [3.63, 3.8) is 0 Å². The molecule has 0 unspecified atom stereocenters. The molecule has 1 aliphatic heterocycles. The van der Waals surface area contributed by atoms with E-state index in [-0.39, 0.29) is 0 Å². The van der Waals surface area contributed by atoms with Crippen LogP contribution >= 0.6 is 10.0 Å². The Bertz CT molecular complexity index is 1970. The van der Waals surface area contributed by atoms with Crippen molar-refractivity contribution >= 4 is 31.8 Å². The van der Waals surface area contributed by atoms with Crippen LogP contribution in [0.5, 0.6) is 0 Å². The molecule has 0 amide bonds. The molecule has 192 valence electrons. The first-order valence-electron chi connectivity index (χ1n) is 13.8. The molecule has 0 atom stereocenters. The van der Waals surface area contributed by atoms with Gasteiger partial charge in [0.2, 0.25) is 0 Å². The van der Waals surface area contributed by atoms with Crippen LogP contribution in [0, 0.1) is 0 Å². The van der Waals surface area contributed by atoms with Crippen LogP contribution in [-0.4, -0.2) is 17.1 Å². The topological polar surface area (TPSA) is 4.93 Å². The highest BCUT2D eigenvalue weighted by molar-refractivity contribution is 8.33. The van der Waals surface area contributed by atoms with Crippen molar-refractivity contribution < 1.29 is 0 Å². The fourth-order valence-electron chi connectivity index (χ4n) is 6.47. The van der Waals surface area contributed by atoms with Gasteiger partial charge in [0.05, 0.1) is 11.0 Å². The molecule has 0 saturated carbocycles. The molecular formula is C38H29NS. The molecule has 0 spiro atoms. The number of rotatable bonds is 3. The molecule has 6 aromatic carbocycles. The average Bonchev–Trinajstić information content (AvgIpc) is 3.46. The molecule has 40 heavy (non-hydrogen) atoms. The minimum Gasteiger partial charge on any atom is -0.309 e. The molecule has 0 fully saturated rings. The Hall–Kier alpha value is -4.53. The molecule has 2 heteroatoms. The maximum absolute atomic E-state index is 2.47. The van der Waals surface area contributed by atoms with Gasteiger partial charge >= 0.3 is 0 Å². The maximum Gasteiger partial charge on any atom is 0.0541 e. The predicted molar refractivity (Wildman–Crippen MR) is 173 cm³/mol. The van der Waals surface area contributed by atoms with Gasteiger partial charge in [-0.2, -0.15) is 10.0 Å². The zero-order valence-corrected chi connectivity index (χ0v) is 23.5. The summed E-state index contributed by atoms with van der Waals surface area (Å²) in [5.41, 5.74) is 11.5. The molecule has 0 N–H and O–H groups in total.